The zero-order valence-corrected chi connectivity index (χ0v) is 14.5. The number of carbonyl (C=O) groups is 1. The lowest BCUT2D eigenvalue weighted by Crippen LogP contribution is -2.51. The number of carbonyl (C=O) groups excluding carboxylic acids is 1. The van der Waals surface area contributed by atoms with Gasteiger partial charge in [0.05, 0.1) is 29.8 Å². The van der Waals surface area contributed by atoms with Gasteiger partial charge >= 0.3 is 0 Å². The second kappa shape index (κ2) is 7.71. The zero-order valence-electron chi connectivity index (χ0n) is 13.0. The molecule has 2 fully saturated rings. The second-order valence-electron chi connectivity index (χ2n) is 5.85. The SMILES string of the molecule is O=C(CN1CCN(c2ccc(Cl)c(Cl)c2)CC1)N1CCOCC1. The molecule has 5 nitrogen and oxygen atoms in total. The number of rotatable bonds is 3. The minimum absolute atomic E-state index is 0.205. The lowest BCUT2D eigenvalue weighted by Gasteiger charge is -2.37. The first kappa shape index (κ1) is 16.8. The van der Waals surface area contributed by atoms with Crippen LogP contribution in [0.2, 0.25) is 10.0 Å². The lowest BCUT2D eigenvalue weighted by molar-refractivity contribution is -0.136. The molecule has 2 aliphatic heterocycles. The molecule has 0 unspecified atom stereocenters. The van der Waals surface area contributed by atoms with Gasteiger partial charge in [0.25, 0.3) is 0 Å². The Kier molecular flexibility index (Phi) is 5.64. The maximum atomic E-state index is 12.3. The van der Waals surface area contributed by atoms with Crippen molar-refractivity contribution >= 4 is 34.8 Å². The number of anilines is 1. The summed E-state index contributed by atoms with van der Waals surface area (Å²) in [5.41, 5.74) is 1.08. The summed E-state index contributed by atoms with van der Waals surface area (Å²) in [5, 5.41) is 1.15. The molecule has 3 rings (SSSR count). The van der Waals surface area contributed by atoms with Gasteiger partial charge in [0.2, 0.25) is 5.91 Å². The standard InChI is InChI=1S/C16H21Cl2N3O2/c17-14-2-1-13(11-15(14)18)20-5-3-19(4-6-20)12-16(22)21-7-9-23-10-8-21/h1-2,11H,3-10,12H2. The van der Waals surface area contributed by atoms with Crippen LogP contribution in [0.5, 0.6) is 0 Å². The first-order chi connectivity index (χ1) is 11.1. The Morgan fingerprint density at radius 1 is 1.00 bits per heavy atom. The largest absolute Gasteiger partial charge is 0.378 e. The maximum absolute atomic E-state index is 12.3. The molecule has 2 saturated heterocycles. The smallest absolute Gasteiger partial charge is 0.236 e. The highest BCUT2D eigenvalue weighted by Gasteiger charge is 2.23. The van der Waals surface area contributed by atoms with Gasteiger partial charge in [-0.3, -0.25) is 9.69 Å². The molecule has 23 heavy (non-hydrogen) atoms. The van der Waals surface area contributed by atoms with Crippen molar-refractivity contribution in [1.29, 1.82) is 0 Å². The Morgan fingerprint density at radius 3 is 2.35 bits per heavy atom. The Morgan fingerprint density at radius 2 is 1.70 bits per heavy atom. The van der Waals surface area contributed by atoms with Gasteiger partial charge in [0.15, 0.2) is 0 Å². The highest BCUT2D eigenvalue weighted by Crippen LogP contribution is 2.27. The molecule has 2 heterocycles. The summed E-state index contributed by atoms with van der Waals surface area (Å²) in [6.07, 6.45) is 0. The molecule has 0 atom stereocenters. The van der Waals surface area contributed by atoms with Crippen molar-refractivity contribution < 1.29 is 9.53 Å². The molecule has 0 N–H and O–H groups in total. The van der Waals surface area contributed by atoms with Crippen molar-refractivity contribution in [2.45, 2.75) is 0 Å². The van der Waals surface area contributed by atoms with Crippen LogP contribution in [0.1, 0.15) is 0 Å². The van der Waals surface area contributed by atoms with E-state index >= 15 is 0 Å². The van der Waals surface area contributed by atoms with Crippen molar-refractivity contribution in [2.75, 3.05) is 63.9 Å². The predicted octanol–water partition coefficient (Wildman–Crippen LogP) is 1.97. The third-order valence-electron chi connectivity index (χ3n) is 4.36. The first-order valence-electron chi connectivity index (χ1n) is 7.91. The van der Waals surface area contributed by atoms with E-state index in [-0.39, 0.29) is 5.91 Å². The number of morpholine rings is 1. The number of nitrogens with zero attached hydrogens (tertiary/aromatic N) is 3. The fourth-order valence-corrected chi connectivity index (χ4v) is 3.24. The van der Waals surface area contributed by atoms with Crippen molar-refractivity contribution in [1.82, 2.24) is 9.80 Å². The molecule has 0 aromatic heterocycles. The normalized spacial score (nSPS) is 19.9. The summed E-state index contributed by atoms with van der Waals surface area (Å²) < 4.78 is 5.29. The van der Waals surface area contributed by atoms with E-state index in [0.717, 1.165) is 31.9 Å². The number of amides is 1. The third kappa shape index (κ3) is 4.29. The third-order valence-corrected chi connectivity index (χ3v) is 5.10. The molecular weight excluding hydrogens is 337 g/mol. The Labute approximate surface area is 146 Å². The van der Waals surface area contributed by atoms with E-state index in [0.29, 0.717) is 42.9 Å². The van der Waals surface area contributed by atoms with Gasteiger partial charge in [-0.25, -0.2) is 0 Å². The molecule has 0 saturated carbocycles. The minimum Gasteiger partial charge on any atom is -0.378 e. The average Bonchev–Trinajstić information content (AvgIpc) is 2.59. The van der Waals surface area contributed by atoms with E-state index in [2.05, 4.69) is 9.80 Å². The molecule has 1 aromatic carbocycles. The summed E-state index contributed by atoms with van der Waals surface area (Å²) in [6, 6.07) is 5.72. The highest BCUT2D eigenvalue weighted by atomic mass is 35.5. The van der Waals surface area contributed by atoms with Crippen molar-refractivity contribution in [3.8, 4) is 0 Å². The number of hydrogen-bond acceptors (Lipinski definition) is 4. The fraction of sp³-hybridized carbons (Fsp3) is 0.562. The summed E-state index contributed by atoms with van der Waals surface area (Å²) in [4.78, 5) is 18.7. The van der Waals surface area contributed by atoms with E-state index in [4.69, 9.17) is 27.9 Å². The summed E-state index contributed by atoms with van der Waals surface area (Å²) in [5.74, 6) is 0.205. The van der Waals surface area contributed by atoms with E-state index in [9.17, 15) is 4.79 Å². The van der Waals surface area contributed by atoms with E-state index in [1.54, 1.807) is 0 Å². The van der Waals surface area contributed by atoms with Gasteiger partial charge in [-0.1, -0.05) is 23.2 Å². The van der Waals surface area contributed by atoms with Gasteiger partial charge in [-0.15, -0.1) is 0 Å². The lowest BCUT2D eigenvalue weighted by atomic mass is 10.2. The van der Waals surface area contributed by atoms with Crippen LogP contribution in [0, 0.1) is 0 Å². The van der Waals surface area contributed by atoms with E-state index in [1.165, 1.54) is 0 Å². The van der Waals surface area contributed by atoms with Crippen LogP contribution < -0.4 is 4.90 Å². The van der Waals surface area contributed by atoms with Gasteiger partial charge in [0.1, 0.15) is 0 Å². The predicted molar refractivity (Wildman–Crippen MR) is 92.5 cm³/mol. The molecule has 0 radical (unpaired) electrons. The van der Waals surface area contributed by atoms with E-state index < -0.39 is 0 Å². The van der Waals surface area contributed by atoms with Crippen molar-refractivity contribution in [3.63, 3.8) is 0 Å². The van der Waals surface area contributed by atoms with E-state index in [1.807, 2.05) is 23.1 Å². The van der Waals surface area contributed by atoms with Crippen molar-refractivity contribution in [3.05, 3.63) is 28.2 Å². The number of benzene rings is 1. The summed E-state index contributed by atoms with van der Waals surface area (Å²) >= 11 is 12.1. The van der Waals surface area contributed by atoms with Crippen molar-refractivity contribution in [2.24, 2.45) is 0 Å². The Balaban J connectivity index is 1.49. The van der Waals surface area contributed by atoms with Crippen LogP contribution in [0.25, 0.3) is 0 Å². The van der Waals surface area contributed by atoms with Crippen LogP contribution >= 0.6 is 23.2 Å². The van der Waals surface area contributed by atoms with Crippen LogP contribution in [0.15, 0.2) is 18.2 Å². The second-order valence-corrected chi connectivity index (χ2v) is 6.67. The topological polar surface area (TPSA) is 36.0 Å². The number of piperazine rings is 1. The fourth-order valence-electron chi connectivity index (χ4n) is 2.95. The number of ether oxygens (including phenoxy) is 1. The average molecular weight is 358 g/mol. The maximum Gasteiger partial charge on any atom is 0.236 e. The molecule has 0 aliphatic carbocycles. The van der Waals surface area contributed by atoms with Gasteiger partial charge in [-0.05, 0) is 18.2 Å². The van der Waals surface area contributed by atoms with Crippen LogP contribution in [-0.4, -0.2) is 74.7 Å². The molecule has 0 spiro atoms. The molecular formula is C16H21Cl2N3O2. The Hall–Kier alpha value is -1.01. The zero-order chi connectivity index (χ0) is 16.2. The quantitative estimate of drug-likeness (QED) is 0.828. The van der Waals surface area contributed by atoms with Gasteiger partial charge in [0, 0.05) is 45.0 Å². The molecule has 2 aliphatic rings. The monoisotopic (exact) mass is 357 g/mol. The molecule has 0 bridgehead atoms. The highest BCUT2D eigenvalue weighted by molar-refractivity contribution is 6.42. The number of hydrogen-bond donors (Lipinski definition) is 0. The summed E-state index contributed by atoms with van der Waals surface area (Å²) in [7, 11) is 0. The molecule has 1 aromatic rings. The first-order valence-corrected chi connectivity index (χ1v) is 8.67. The summed E-state index contributed by atoms with van der Waals surface area (Å²) in [6.45, 7) is 6.72. The van der Waals surface area contributed by atoms with Crippen LogP contribution in [0.3, 0.4) is 0 Å². The minimum atomic E-state index is 0.205. The van der Waals surface area contributed by atoms with Gasteiger partial charge in [-0.2, -0.15) is 0 Å². The molecule has 1 amide bonds. The van der Waals surface area contributed by atoms with Gasteiger partial charge < -0.3 is 14.5 Å². The number of halogens is 2. The molecule has 126 valence electrons. The van der Waals surface area contributed by atoms with Crippen LogP contribution in [-0.2, 0) is 9.53 Å². The Bertz CT molecular complexity index is 556. The molecule has 7 heteroatoms. The van der Waals surface area contributed by atoms with Crippen LogP contribution in [0.4, 0.5) is 5.69 Å².